The predicted molar refractivity (Wildman–Crippen MR) is 124 cm³/mol. The molecule has 3 fully saturated rings. The third-order valence-corrected chi connectivity index (χ3v) is 10.5. The summed E-state index contributed by atoms with van der Waals surface area (Å²) in [5.41, 5.74) is 0.310. The number of sulfone groups is 1. The van der Waals surface area contributed by atoms with Gasteiger partial charge in [0.15, 0.2) is 9.84 Å². The number of rotatable bonds is 3. The van der Waals surface area contributed by atoms with Crippen LogP contribution in [0.25, 0.3) is 0 Å². The van der Waals surface area contributed by atoms with Crippen LogP contribution in [0.2, 0.25) is 0 Å². The summed E-state index contributed by atoms with van der Waals surface area (Å²) in [5.74, 6) is 3.20. The quantitative estimate of drug-likeness (QED) is 0.731. The van der Waals surface area contributed by atoms with Crippen molar-refractivity contribution in [2.45, 2.75) is 69.9 Å². The molecule has 8 atom stereocenters. The van der Waals surface area contributed by atoms with E-state index in [1.54, 1.807) is 30.3 Å². The number of amides is 1. The molecule has 1 amide bonds. The van der Waals surface area contributed by atoms with Gasteiger partial charge in [-0.2, -0.15) is 0 Å². The summed E-state index contributed by atoms with van der Waals surface area (Å²) in [6, 6.07) is 7.08. The van der Waals surface area contributed by atoms with Crippen LogP contribution in [0.1, 0.15) is 52.9 Å². The SMILES string of the molecule is C[C@H]1CC2NC(=O)C=C[C@]2(C)C2CC[C@]3(C)CC(Oc4ccc(S(C)(=O)=O)cc4)CC3C21. The fourth-order valence-electron chi connectivity index (χ4n) is 7.73. The summed E-state index contributed by atoms with van der Waals surface area (Å²) in [6.45, 7) is 7.18. The maximum absolute atomic E-state index is 12.0. The molecule has 4 aliphatic rings. The average molecular weight is 458 g/mol. The molecule has 1 aromatic rings. The van der Waals surface area contributed by atoms with Crippen LogP contribution in [0.15, 0.2) is 41.3 Å². The van der Waals surface area contributed by atoms with Gasteiger partial charge < -0.3 is 10.1 Å². The Morgan fingerprint density at radius 3 is 2.50 bits per heavy atom. The maximum Gasteiger partial charge on any atom is 0.243 e. The first kappa shape index (κ1) is 22.0. The van der Waals surface area contributed by atoms with Crippen LogP contribution in [0.5, 0.6) is 5.75 Å². The van der Waals surface area contributed by atoms with E-state index < -0.39 is 9.84 Å². The summed E-state index contributed by atoms with van der Waals surface area (Å²) >= 11 is 0. The zero-order valence-corrected chi connectivity index (χ0v) is 20.3. The minimum Gasteiger partial charge on any atom is -0.490 e. The Labute approximate surface area is 191 Å². The normalized spacial score (nSPS) is 43.1. The molecule has 0 radical (unpaired) electrons. The highest BCUT2D eigenvalue weighted by atomic mass is 32.2. The molecular formula is C26H35NO4S. The van der Waals surface area contributed by atoms with E-state index in [1.807, 2.05) is 0 Å². The predicted octanol–water partition coefficient (Wildman–Crippen LogP) is 4.38. The van der Waals surface area contributed by atoms with Gasteiger partial charge in [0.1, 0.15) is 5.75 Å². The second kappa shape index (κ2) is 7.34. The second-order valence-electron chi connectivity index (χ2n) is 11.4. The zero-order chi connectivity index (χ0) is 22.9. The largest absolute Gasteiger partial charge is 0.490 e. The van der Waals surface area contributed by atoms with Gasteiger partial charge >= 0.3 is 0 Å². The number of nitrogens with one attached hydrogen (secondary N) is 1. The Kier molecular flexibility index (Phi) is 5.05. The standard InChI is InChI=1S/C26H35NO4S/c1-16-13-22-26(3,12-10-23(28)27-22)20-9-11-25(2)15-18(14-21(25)24(16)20)31-17-5-7-19(8-6-17)32(4,29)30/h5-8,10,12,16,18,20-22,24H,9,11,13-15H2,1-4H3,(H,27,28)/t16-,18?,20?,21?,22?,24?,25+,26+/m0/s1. The van der Waals surface area contributed by atoms with E-state index in [2.05, 4.69) is 32.2 Å². The third-order valence-electron chi connectivity index (χ3n) is 9.34. The molecule has 0 spiro atoms. The number of hydrogen-bond acceptors (Lipinski definition) is 4. The lowest BCUT2D eigenvalue weighted by atomic mass is 9.46. The van der Waals surface area contributed by atoms with Gasteiger partial charge in [0.25, 0.3) is 0 Å². The van der Waals surface area contributed by atoms with Gasteiger partial charge in [0.05, 0.1) is 11.0 Å². The van der Waals surface area contributed by atoms with Crippen LogP contribution in [0.4, 0.5) is 0 Å². The van der Waals surface area contributed by atoms with Crippen LogP contribution in [0, 0.1) is 34.5 Å². The van der Waals surface area contributed by atoms with Gasteiger partial charge in [-0.25, -0.2) is 8.42 Å². The molecule has 0 saturated heterocycles. The molecule has 1 aromatic carbocycles. The summed E-state index contributed by atoms with van der Waals surface area (Å²) in [6.07, 6.45) is 10.9. The lowest BCUT2D eigenvalue weighted by Gasteiger charge is -2.60. The number of carbonyl (C=O) groups excluding carboxylic acids is 1. The second-order valence-corrected chi connectivity index (χ2v) is 13.4. The Balaban J connectivity index is 1.37. The average Bonchev–Trinajstić information content (AvgIpc) is 3.05. The third kappa shape index (κ3) is 3.49. The van der Waals surface area contributed by atoms with Gasteiger partial charge in [-0.3, -0.25) is 4.79 Å². The van der Waals surface area contributed by atoms with Gasteiger partial charge in [-0.1, -0.05) is 26.8 Å². The lowest BCUT2D eigenvalue weighted by molar-refractivity contribution is -0.124. The van der Waals surface area contributed by atoms with Crippen LogP contribution >= 0.6 is 0 Å². The number of hydrogen-bond donors (Lipinski definition) is 1. The highest BCUT2D eigenvalue weighted by Crippen LogP contribution is 2.64. The molecule has 32 heavy (non-hydrogen) atoms. The fraction of sp³-hybridized carbons (Fsp3) is 0.654. The molecular weight excluding hydrogens is 422 g/mol. The maximum atomic E-state index is 12.0. The van der Waals surface area contributed by atoms with E-state index in [9.17, 15) is 13.2 Å². The molecule has 0 bridgehead atoms. The molecule has 5 rings (SSSR count). The van der Waals surface area contributed by atoms with Crippen molar-refractivity contribution in [1.82, 2.24) is 5.32 Å². The molecule has 5 unspecified atom stereocenters. The topological polar surface area (TPSA) is 72.5 Å². The van der Waals surface area contributed by atoms with E-state index in [0.29, 0.717) is 28.6 Å². The Bertz CT molecular complexity index is 1050. The smallest absolute Gasteiger partial charge is 0.243 e. The molecule has 3 aliphatic carbocycles. The summed E-state index contributed by atoms with van der Waals surface area (Å²) < 4.78 is 29.9. The van der Waals surface area contributed by atoms with E-state index in [4.69, 9.17) is 4.74 Å². The fourth-order valence-corrected chi connectivity index (χ4v) is 8.36. The Hall–Kier alpha value is -1.82. The van der Waals surface area contributed by atoms with E-state index in [-0.39, 0.29) is 28.9 Å². The molecule has 174 valence electrons. The molecule has 1 N–H and O–H groups in total. The van der Waals surface area contributed by atoms with Crippen LogP contribution < -0.4 is 10.1 Å². The number of ether oxygens (including phenoxy) is 1. The number of carbonyl (C=O) groups is 1. The van der Waals surface area contributed by atoms with Crippen molar-refractivity contribution in [2.24, 2.45) is 34.5 Å². The molecule has 1 aliphatic heterocycles. The van der Waals surface area contributed by atoms with Gasteiger partial charge in [0, 0.05) is 17.7 Å². The van der Waals surface area contributed by atoms with E-state index >= 15 is 0 Å². The first-order valence-corrected chi connectivity index (χ1v) is 13.9. The molecule has 0 aromatic heterocycles. The van der Waals surface area contributed by atoms with Gasteiger partial charge in [0.2, 0.25) is 5.91 Å². The minimum atomic E-state index is -3.20. The van der Waals surface area contributed by atoms with Crippen molar-refractivity contribution >= 4 is 15.7 Å². The zero-order valence-electron chi connectivity index (χ0n) is 19.5. The summed E-state index contributed by atoms with van der Waals surface area (Å²) in [7, 11) is -3.20. The van der Waals surface area contributed by atoms with Crippen molar-refractivity contribution in [3.05, 3.63) is 36.4 Å². The Morgan fingerprint density at radius 1 is 1.09 bits per heavy atom. The Morgan fingerprint density at radius 2 is 1.81 bits per heavy atom. The summed E-state index contributed by atoms with van der Waals surface area (Å²) in [4.78, 5) is 12.3. The van der Waals surface area contributed by atoms with Crippen LogP contribution in [-0.4, -0.2) is 32.7 Å². The number of fused-ring (bicyclic) bond motifs is 5. The highest BCUT2D eigenvalue weighted by molar-refractivity contribution is 7.90. The molecule has 6 heteroatoms. The first-order chi connectivity index (χ1) is 15.0. The molecule has 5 nitrogen and oxygen atoms in total. The highest BCUT2D eigenvalue weighted by Gasteiger charge is 2.60. The minimum absolute atomic E-state index is 0.0346. The van der Waals surface area contributed by atoms with Crippen molar-refractivity contribution in [3.8, 4) is 5.75 Å². The monoisotopic (exact) mass is 457 g/mol. The number of benzene rings is 1. The van der Waals surface area contributed by atoms with Crippen molar-refractivity contribution in [3.63, 3.8) is 0 Å². The first-order valence-electron chi connectivity index (χ1n) is 12.0. The van der Waals surface area contributed by atoms with Gasteiger partial charge in [-0.05, 0) is 91.5 Å². The molecule has 3 saturated carbocycles. The van der Waals surface area contributed by atoms with Crippen molar-refractivity contribution in [1.29, 1.82) is 0 Å². The van der Waals surface area contributed by atoms with Crippen LogP contribution in [0.3, 0.4) is 0 Å². The van der Waals surface area contributed by atoms with Crippen molar-refractivity contribution in [2.75, 3.05) is 6.26 Å². The van der Waals surface area contributed by atoms with E-state index in [1.165, 1.54) is 19.1 Å². The molecule has 1 heterocycles. The summed E-state index contributed by atoms with van der Waals surface area (Å²) in [5, 5.41) is 3.25. The van der Waals surface area contributed by atoms with Gasteiger partial charge in [-0.15, -0.1) is 0 Å². The lowest BCUT2D eigenvalue weighted by Crippen LogP contribution is -2.61. The van der Waals surface area contributed by atoms with Crippen molar-refractivity contribution < 1.29 is 17.9 Å². The van der Waals surface area contributed by atoms with E-state index in [0.717, 1.165) is 25.0 Å². The van der Waals surface area contributed by atoms with Crippen LogP contribution in [-0.2, 0) is 14.6 Å².